The van der Waals surface area contributed by atoms with Crippen LogP contribution in [0.3, 0.4) is 0 Å². The van der Waals surface area contributed by atoms with Crippen molar-refractivity contribution in [3.8, 4) is 6.07 Å². The van der Waals surface area contributed by atoms with Crippen molar-refractivity contribution < 1.29 is 24.4 Å². The highest BCUT2D eigenvalue weighted by atomic mass is 16.6. The lowest BCUT2D eigenvalue weighted by Gasteiger charge is -2.26. The molecule has 8 nitrogen and oxygen atoms in total. The molecule has 1 aliphatic heterocycles. The van der Waals surface area contributed by atoms with Crippen LogP contribution in [0.4, 0.5) is 4.79 Å². The smallest absolute Gasteiger partial charge is 0.444 e. The third kappa shape index (κ3) is 6.55. The van der Waals surface area contributed by atoms with E-state index >= 15 is 0 Å². The summed E-state index contributed by atoms with van der Waals surface area (Å²) in [5, 5.41) is 30.6. The van der Waals surface area contributed by atoms with E-state index in [0.29, 0.717) is 13.0 Å². The SMILES string of the molecule is CC(C#N)C(=O)N1CCCC[C@H](OC(=O)N[C@@H](Cc2ccccc2)B(O)O)C1. The zero-order chi connectivity index (χ0) is 20.5. The number of likely N-dealkylation sites (tertiary alicyclic amines) is 1. The van der Waals surface area contributed by atoms with Crippen LogP contribution in [0.2, 0.25) is 0 Å². The maximum absolute atomic E-state index is 12.3. The molecule has 1 aromatic carbocycles. The van der Waals surface area contributed by atoms with Crippen molar-refractivity contribution in [2.75, 3.05) is 13.1 Å². The normalized spacial score (nSPS) is 18.9. The van der Waals surface area contributed by atoms with Crippen LogP contribution in [0.5, 0.6) is 0 Å². The van der Waals surface area contributed by atoms with Gasteiger partial charge in [0.2, 0.25) is 5.91 Å². The summed E-state index contributed by atoms with van der Waals surface area (Å²) in [4.78, 5) is 26.1. The summed E-state index contributed by atoms with van der Waals surface area (Å²) in [6.07, 6.45) is 1.13. The largest absolute Gasteiger partial charge is 0.475 e. The van der Waals surface area contributed by atoms with E-state index in [0.717, 1.165) is 18.4 Å². The molecule has 0 saturated carbocycles. The Morgan fingerprint density at radius 1 is 1.36 bits per heavy atom. The van der Waals surface area contributed by atoms with Crippen LogP contribution in [0.25, 0.3) is 0 Å². The molecule has 3 atom stereocenters. The van der Waals surface area contributed by atoms with Crippen molar-refractivity contribution in [3.05, 3.63) is 35.9 Å². The summed E-state index contributed by atoms with van der Waals surface area (Å²) < 4.78 is 5.43. The predicted octanol–water partition coefficient (Wildman–Crippen LogP) is 0.877. The molecule has 1 fully saturated rings. The highest BCUT2D eigenvalue weighted by Gasteiger charge is 2.30. The lowest BCUT2D eigenvalue weighted by Crippen LogP contribution is -2.49. The molecule has 1 saturated heterocycles. The molecule has 0 aromatic heterocycles. The number of nitriles is 1. The number of rotatable bonds is 6. The fourth-order valence-electron chi connectivity index (χ4n) is 3.16. The molecule has 1 heterocycles. The molecule has 1 aromatic rings. The lowest BCUT2D eigenvalue weighted by molar-refractivity contribution is -0.134. The highest BCUT2D eigenvalue weighted by Crippen LogP contribution is 2.16. The Hall–Kier alpha value is -2.57. The van der Waals surface area contributed by atoms with Gasteiger partial charge >= 0.3 is 13.2 Å². The second-order valence-corrected chi connectivity index (χ2v) is 7.01. The minimum atomic E-state index is -1.74. The van der Waals surface area contributed by atoms with E-state index in [9.17, 15) is 19.6 Å². The van der Waals surface area contributed by atoms with Gasteiger partial charge in [0, 0.05) is 6.54 Å². The quantitative estimate of drug-likeness (QED) is 0.623. The number of carbonyl (C=O) groups is 2. The first-order chi connectivity index (χ1) is 13.4. The topological polar surface area (TPSA) is 123 Å². The molecular weight excluding hydrogens is 361 g/mol. The Morgan fingerprint density at radius 3 is 2.71 bits per heavy atom. The summed E-state index contributed by atoms with van der Waals surface area (Å²) in [6, 6.07) is 11.1. The van der Waals surface area contributed by atoms with Crippen molar-refractivity contribution >= 4 is 19.1 Å². The fraction of sp³-hybridized carbons (Fsp3) is 0.526. The number of alkyl carbamates (subject to hydrolysis) is 1. The van der Waals surface area contributed by atoms with Crippen LogP contribution >= 0.6 is 0 Å². The molecule has 3 N–H and O–H groups in total. The summed E-state index contributed by atoms with van der Waals surface area (Å²) >= 11 is 0. The van der Waals surface area contributed by atoms with Crippen LogP contribution in [-0.4, -0.2) is 59.2 Å². The van der Waals surface area contributed by atoms with Crippen molar-refractivity contribution in [1.82, 2.24) is 10.2 Å². The average Bonchev–Trinajstić information content (AvgIpc) is 2.92. The number of amides is 2. The number of nitrogens with zero attached hydrogens (tertiary/aromatic N) is 2. The molecule has 2 amide bonds. The van der Waals surface area contributed by atoms with Gasteiger partial charge in [0.15, 0.2) is 0 Å². The van der Waals surface area contributed by atoms with Gasteiger partial charge in [-0.1, -0.05) is 30.3 Å². The van der Waals surface area contributed by atoms with Crippen LogP contribution in [0, 0.1) is 17.2 Å². The van der Waals surface area contributed by atoms with Gasteiger partial charge in [0.05, 0.1) is 18.6 Å². The molecule has 1 aliphatic rings. The van der Waals surface area contributed by atoms with E-state index in [1.807, 2.05) is 36.4 Å². The molecule has 2 rings (SSSR count). The van der Waals surface area contributed by atoms with Crippen LogP contribution in [-0.2, 0) is 16.0 Å². The molecule has 1 unspecified atom stereocenters. The average molecular weight is 387 g/mol. The van der Waals surface area contributed by atoms with E-state index in [1.165, 1.54) is 0 Å². The van der Waals surface area contributed by atoms with Crippen LogP contribution in [0.15, 0.2) is 30.3 Å². The molecule has 9 heteroatoms. The van der Waals surface area contributed by atoms with E-state index < -0.39 is 31.2 Å². The minimum Gasteiger partial charge on any atom is -0.444 e. The second kappa shape index (κ2) is 10.7. The van der Waals surface area contributed by atoms with Gasteiger partial charge in [-0.3, -0.25) is 4.79 Å². The first-order valence-corrected chi connectivity index (χ1v) is 9.46. The Bertz CT molecular complexity index is 695. The summed E-state index contributed by atoms with van der Waals surface area (Å²) in [6.45, 7) is 2.30. The van der Waals surface area contributed by atoms with Gasteiger partial charge in [-0.2, -0.15) is 5.26 Å². The highest BCUT2D eigenvalue weighted by molar-refractivity contribution is 6.43. The number of nitrogens with one attached hydrogen (secondary N) is 1. The molecule has 150 valence electrons. The maximum atomic E-state index is 12.3. The van der Waals surface area contributed by atoms with Gasteiger partial charge in [-0.25, -0.2) is 4.79 Å². The van der Waals surface area contributed by atoms with Gasteiger partial charge in [0.1, 0.15) is 12.0 Å². The third-order valence-electron chi connectivity index (χ3n) is 4.74. The molecule has 0 spiro atoms. The number of hydrogen-bond donors (Lipinski definition) is 3. The van der Waals surface area contributed by atoms with Crippen molar-refractivity contribution in [3.63, 3.8) is 0 Å². The number of hydrogen-bond acceptors (Lipinski definition) is 6. The van der Waals surface area contributed by atoms with Crippen LogP contribution in [0.1, 0.15) is 31.7 Å². The molecule has 0 bridgehead atoms. The Labute approximate surface area is 165 Å². The standard InChI is InChI=1S/C19H26BN3O5/c1-14(12-21)18(24)23-10-6-5-9-16(13-23)28-19(25)22-17(20(26)27)11-15-7-3-2-4-8-15/h2-4,7-8,14,16-17,26-27H,5-6,9-11,13H2,1H3,(H,22,25)/t14?,16-,17-/m0/s1. The summed E-state index contributed by atoms with van der Waals surface area (Å²) in [5.74, 6) is -1.93. The zero-order valence-electron chi connectivity index (χ0n) is 16.0. The van der Waals surface area contributed by atoms with E-state index in [4.69, 9.17) is 10.00 Å². The van der Waals surface area contributed by atoms with Crippen LogP contribution < -0.4 is 5.32 Å². The Kier molecular flexibility index (Phi) is 8.29. The van der Waals surface area contributed by atoms with E-state index in [-0.39, 0.29) is 18.9 Å². The van der Waals surface area contributed by atoms with Gasteiger partial charge in [-0.15, -0.1) is 0 Å². The molecule has 0 radical (unpaired) electrons. The zero-order valence-corrected chi connectivity index (χ0v) is 16.0. The lowest BCUT2D eigenvalue weighted by atomic mass is 9.76. The van der Waals surface area contributed by atoms with Gasteiger partial charge in [0.25, 0.3) is 0 Å². The van der Waals surface area contributed by atoms with Crippen molar-refractivity contribution in [1.29, 1.82) is 5.26 Å². The second-order valence-electron chi connectivity index (χ2n) is 7.01. The summed E-state index contributed by atoms with van der Waals surface area (Å²) in [5.41, 5.74) is 0.845. The Balaban J connectivity index is 1.93. The minimum absolute atomic E-state index is 0.225. The molecular formula is C19H26BN3O5. The summed E-state index contributed by atoms with van der Waals surface area (Å²) in [7, 11) is -1.74. The number of benzene rings is 1. The van der Waals surface area contributed by atoms with Gasteiger partial charge < -0.3 is 25.0 Å². The van der Waals surface area contributed by atoms with Crippen molar-refractivity contribution in [2.45, 2.75) is 44.7 Å². The maximum Gasteiger partial charge on any atom is 0.475 e. The monoisotopic (exact) mass is 387 g/mol. The number of carbonyl (C=O) groups excluding carboxylic acids is 2. The Morgan fingerprint density at radius 2 is 2.07 bits per heavy atom. The van der Waals surface area contributed by atoms with Gasteiger partial charge in [-0.05, 0) is 38.2 Å². The predicted molar refractivity (Wildman–Crippen MR) is 103 cm³/mol. The first-order valence-electron chi connectivity index (χ1n) is 9.46. The van der Waals surface area contributed by atoms with E-state index in [1.54, 1.807) is 11.8 Å². The fourth-order valence-corrected chi connectivity index (χ4v) is 3.16. The van der Waals surface area contributed by atoms with E-state index in [2.05, 4.69) is 5.32 Å². The number of ether oxygens (including phenoxy) is 1. The molecule has 0 aliphatic carbocycles. The van der Waals surface area contributed by atoms with Crippen molar-refractivity contribution in [2.24, 2.45) is 5.92 Å². The third-order valence-corrected chi connectivity index (χ3v) is 4.74. The first kappa shape index (κ1) is 21.7. The molecule has 28 heavy (non-hydrogen) atoms.